The highest BCUT2D eigenvalue weighted by atomic mass is 15.3. The van der Waals surface area contributed by atoms with Crippen LogP contribution in [0.25, 0.3) is 0 Å². The van der Waals surface area contributed by atoms with Gasteiger partial charge in [0.15, 0.2) is 0 Å². The molecule has 0 saturated heterocycles. The molecule has 1 aromatic heterocycles. The summed E-state index contributed by atoms with van der Waals surface area (Å²) < 4.78 is 2.01. The molecule has 114 valence electrons. The quantitative estimate of drug-likeness (QED) is 0.862. The maximum atomic E-state index is 4.53. The largest absolute Gasteiger partial charge is 0.317 e. The summed E-state index contributed by atoms with van der Waals surface area (Å²) in [6, 6.07) is 0.664. The van der Waals surface area contributed by atoms with E-state index in [1.165, 1.54) is 61.9 Å². The van der Waals surface area contributed by atoms with Crippen LogP contribution in [0, 0.1) is 19.8 Å². The molecule has 0 spiro atoms. The lowest BCUT2D eigenvalue weighted by Gasteiger charge is -2.26. The van der Waals surface area contributed by atoms with E-state index in [-0.39, 0.29) is 0 Å². The van der Waals surface area contributed by atoms with Gasteiger partial charge >= 0.3 is 0 Å². The van der Waals surface area contributed by atoms with Crippen molar-refractivity contribution in [1.82, 2.24) is 15.1 Å². The van der Waals surface area contributed by atoms with Crippen LogP contribution in [0.3, 0.4) is 0 Å². The molecule has 20 heavy (non-hydrogen) atoms. The normalized spacial score (nSPS) is 18.4. The molecule has 3 heteroatoms. The van der Waals surface area contributed by atoms with E-state index in [1.807, 2.05) is 11.7 Å². The van der Waals surface area contributed by atoms with Gasteiger partial charge in [0.2, 0.25) is 0 Å². The number of hydrogen-bond donors (Lipinski definition) is 1. The van der Waals surface area contributed by atoms with Crippen molar-refractivity contribution in [2.24, 2.45) is 13.0 Å². The third-order valence-corrected chi connectivity index (χ3v) is 5.15. The number of rotatable bonds is 6. The monoisotopic (exact) mass is 277 g/mol. The molecule has 0 aromatic carbocycles. The molecule has 1 unspecified atom stereocenters. The first-order valence-corrected chi connectivity index (χ1v) is 8.28. The van der Waals surface area contributed by atoms with Gasteiger partial charge in [0, 0.05) is 18.8 Å². The Bertz CT molecular complexity index is 416. The smallest absolute Gasteiger partial charge is 0.0628 e. The Kier molecular flexibility index (Phi) is 5.64. The van der Waals surface area contributed by atoms with Crippen LogP contribution >= 0.6 is 0 Å². The fraction of sp³-hybridized carbons (Fsp3) is 0.824. The van der Waals surface area contributed by atoms with Crippen molar-refractivity contribution in [3.05, 3.63) is 17.0 Å². The van der Waals surface area contributed by atoms with E-state index in [2.05, 4.69) is 31.3 Å². The summed E-state index contributed by atoms with van der Waals surface area (Å²) in [5.74, 6) is 0.956. The molecule has 1 aliphatic rings. The zero-order chi connectivity index (χ0) is 14.5. The second-order valence-electron chi connectivity index (χ2n) is 6.54. The summed E-state index contributed by atoms with van der Waals surface area (Å²) in [6.45, 7) is 4.32. The van der Waals surface area contributed by atoms with Crippen LogP contribution in [0.4, 0.5) is 0 Å². The first kappa shape index (κ1) is 15.6. The van der Waals surface area contributed by atoms with E-state index >= 15 is 0 Å². The first-order chi connectivity index (χ1) is 9.61. The fourth-order valence-corrected chi connectivity index (χ4v) is 3.70. The second kappa shape index (κ2) is 7.26. The average Bonchev–Trinajstić information content (AvgIpc) is 2.70. The van der Waals surface area contributed by atoms with Crippen molar-refractivity contribution in [2.45, 2.75) is 71.3 Å². The van der Waals surface area contributed by atoms with E-state index in [1.54, 1.807) is 0 Å². The molecule has 2 rings (SSSR count). The predicted molar refractivity (Wildman–Crippen MR) is 85.0 cm³/mol. The summed E-state index contributed by atoms with van der Waals surface area (Å²) in [7, 11) is 4.17. The van der Waals surface area contributed by atoms with E-state index in [0.717, 1.165) is 12.3 Å². The van der Waals surface area contributed by atoms with Crippen molar-refractivity contribution in [3.63, 3.8) is 0 Å². The van der Waals surface area contributed by atoms with Gasteiger partial charge in [-0.1, -0.05) is 32.1 Å². The average molecular weight is 277 g/mol. The highest BCUT2D eigenvalue weighted by Gasteiger charge is 2.19. The van der Waals surface area contributed by atoms with Crippen molar-refractivity contribution in [3.8, 4) is 0 Å². The summed E-state index contributed by atoms with van der Waals surface area (Å²) >= 11 is 0. The molecule has 0 bridgehead atoms. The zero-order valence-electron chi connectivity index (χ0n) is 13.7. The molecule has 1 aliphatic carbocycles. The van der Waals surface area contributed by atoms with Crippen LogP contribution in [-0.4, -0.2) is 22.9 Å². The Morgan fingerprint density at radius 2 is 1.95 bits per heavy atom. The summed E-state index contributed by atoms with van der Waals surface area (Å²) in [4.78, 5) is 0. The molecule has 1 N–H and O–H groups in total. The van der Waals surface area contributed by atoms with E-state index in [0.29, 0.717) is 6.04 Å². The van der Waals surface area contributed by atoms with Gasteiger partial charge in [-0.2, -0.15) is 5.10 Å². The maximum absolute atomic E-state index is 4.53. The van der Waals surface area contributed by atoms with E-state index < -0.39 is 0 Å². The highest BCUT2D eigenvalue weighted by Crippen LogP contribution is 2.28. The van der Waals surface area contributed by atoms with Crippen LogP contribution in [0.15, 0.2) is 0 Å². The Morgan fingerprint density at radius 3 is 2.50 bits per heavy atom. The van der Waals surface area contributed by atoms with E-state index in [4.69, 9.17) is 0 Å². The van der Waals surface area contributed by atoms with Gasteiger partial charge in [0.1, 0.15) is 0 Å². The molecular weight excluding hydrogens is 246 g/mol. The third-order valence-electron chi connectivity index (χ3n) is 5.15. The second-order valence-corrected chi connectivity index (χ2v) is 6.54. The molecule has 1 aromatic rings. The molecular formula is C17H31N3. The van der Waals surface area contributed by atoms with Gasteiger partial charge in [0.05, 0.1) is 5.69 Å². The van der Waals surface area contributed by atoms with Crippen molar-refractivity contribution >= 4 is 0 Å². The molecule has 1 fully saturated rings. The minimum Gasteiger partial charge on any atom is -0.317 e. The Hall–Kier alpha value is -0.830. The van der Waals surface area contributed by atoms with Crippen LogP contribution < -0.4 is 5.32 Å². The van der Waals surface area contributed by atoms with Crippen LogP contribution in [-0.2, 0) is 13.5 Å². The minimum atomic E-state index is 0.664. The SMILES string of the molecule is CNC(CCc1c(C)nn(C)c1C)CC1CCCCC1. The number of aryl methyl sites for hydroxylation is 2. The van der Waals surface area contributed by atoms with Crippen molar-refractivity contribution in [2.75, 3.05) is 7.05 Å². The topological polar surface area (TPSA) is 29.9 Å². The van der Waals surface area contributed by atoms with E-state index in [9.17, 15) is 0 Å². The lowest BCUT2D eigenvalue weighted by molar-refractivity contribution is 0.297. The van der Waals surface area contributed by atoms with Gasteiger partial charge in [-0.05, 0) is 51.6 Å². The number of hydrogen-bond acceptors (Lipinski definition) is 2. The zero-order valence-corrected chi connectivity index (χ0v) is 13.7. The number of nitrogens with zero attached hydrogens (tertiary/aromatic N) is 2. The predicted octanol–water partition coefficient (Wildman–Crippen LogP) is 3.53. The molecule has 0 aliphatic heterocycles. The van der Waals surface area contributed by atoms with Crippen molar-refractivity contribution in [1.29, 1.82) is 0 Å². The summed E-state index contributed by atoms with van der Waals surface area (Å²) in [6.07, 6.45) is 11.0. The molecule has 1 heterocycles. The maximum Gasteiger partial charge on any atom is 0.0628 e. The number of aromatic nitrogens is 2. The van der Waals surface area contributed by atoms with Crippen molar-refractivity contribution < 1.29 is 0 Å². The molecule has 3 nitrogen and oxygen atoms in total. The van der Waals surface area contributed by atoms with Crippen LogP contribution in [0.1, 0.15) is 61.9 Å². The minimum absolute atomic E-state index is 0.664. The van der Waals surface area contributed by atoms with Crippen LogP contribution in [0.2, 0.25) is 0 Å². The lowest BCUT2D eigenvalue weighted by atomic mass is 9.83. The summed E-state index contributed by atoms with van der Waals surface area (Å²) in [5, 5.41) is 8.06. The Labute approximate surface area is 124 Å². The Morgan fingerprint density at radius 1 is 1.25 bits per heavy atom. The third kappa shape index (κ3) is 3.85. The highest BCUT2D eigenvalue weighted by molar-refractivity contribution is 5.24. The molecule has 1 saturated carbocycles. The summed E-state index contributed by atoms with van der Waals surface area (Å²) in [5.41, 5.74) is 3.99. The molecule has 1 atom stereocenters. The Balaban J connectivity index is 1.86. The molecule has 0 amide bonds. The van der Waals surface area contributed by atoms with Gasteiger partial charge in [-0.25, -0.2) is 0 Å². The van der Waals surface area contributed by atoms with Crippen LogP contribution in [0.5, 0.6) is 0 Å². The fourth-order valence-electron chi connectivity index (χ4n) is 3.70. The molecule has 0 radical (unpaired) electrons. The lowest BCUT2D eigenvalue weighted by Crippen LogP contribution is -2.29. The van der Waals surface area contributed by atoms with Gasteiger partial charge < -0.3 is 5.32 Å². The number of nitrogens with one attached hydrogen (secondary N) is 1. The standard InChI is InChI=1S/C17H31N3/c1-13-17(14(2)20(4)19-13)11-10-16(18-3)12-15-8-6-5-7-9-15/h15-16,18H,5-12H2,1-4H3. The van der Waals surface area contributed by atoms with Gasteiger partial charge in [-0.3, -0.25) is 4.68 Å². The van der Waals surface area contributed by atoms with Gasteiger partial charge in [0.25, 0.3) is 0 Å². The van der Waals surface area contributed by atoms with Gasteiger partial charge in [-0.15, -0.1) is 0 Å². The first-order valence-electron chi connectivity index (χ1n) is 8.28.